The molecule has 6 nitrogen and oxygen atoms in total. The maximum absolute atomic E-state index is 12.0. The van der Waals surface area contributed by atoms with E-state index in [0.29, 0.717) is 19.0 Å². The van der Waals surface area contributed by atoms with Crippen molar-refractivity contribution in [2.75, 3.05) is 6.61 Å². The molecule has 0 fully saturated rings. The molecule has 2 heterocycles. The zero-order valence-corrected chi connectivity index (χ0v) is 13.3. The first-order valence-corrected chi connectivity index (χ1v) is 7.74. The maximum Gasteiger partial charge on any atom is 0.244 e. The molecule has 0 bridgehead atoms. The van der Waals surface area contributed by atoms with Crippen LogP contribution in [0.4, 0.5) is 0 Å². The largest absolute Gasteiger partial charge is 0.493 e. The SMILES string of the molecule is CCOc1ccccc1/C=C/C(=O)NCc1nnc2ccccn12. The maximum atomic E-state index is 12.0. The summed E-state index contributed by atoms with van der Waals surface area (Å²) in [5, 5.41) is 10.9. The third-order valence-corrected chi connectivity index (χ3v) is 3.44. The molecular formula is C18H18N4O2. The summed E-state index contributed by atoms with van der Waals surface area (Å²) in [7, 11) is 0. The fraction of sp³-hybridized carbons (Fsp3) is 0.167. The Balaban J connectivity index is 1.64. The second kappa shape index (κ2) is 7.41. The van der Waals surface area contributed by atoms with Crippen LogP contribution in [-0.2, 0) is 11.3 Å². The van der Waals surface area contributed by atoms with Gasteiger partial charge in [-0.2, -0.15) is 0 Å². The summed E-state index contributed by atoms with van der Waals surface area (Å²) in [5.41, 5.74) is 1.62. The monoisotopic (exact) mass is 322 g/mol. The van der Waals surface area contributed by atoms with Crippen LogP contribution in [0, 0.1) is 0 Å². The van der Waals surface area contributed by atoms with Crippen LogP contribution < -0.4 is 10.1 Å². The molecule has 0 atom stereocenters. The number of rotatable bonds is 6. The Labute approximate surface area is 139 Å². The molecule has 3 rings (SSSR count). The van der Waals surface area contributed by atoms with Gasteiger partial charge in [-0.25, -0.2) is 0 Å². The molecule has 0 aliphatic heterocycles. The highest BCUT2D eigenvalue weighted by Gasteiger charge is 2.05. The van der Waals surface area contributed by atoms with Gasteiger partial charge < -0.3 is 10.1 Å². The molecule has 0 unspecified atom stereocenters. The lowest BCUT2D eigenvalue weighted by molar-refractivity contribution is -0.116. The predicted molar refractivity (Wildman–Crippen MR) is 91.5 cm³/mol. The van der Waals surface area contributed by atoms with Crippen molar-refractivity contribution in [3.8, 4) is 5.75 Å². The van der Waals surface area contributed by atoms with Crippen LogP contribution in [0.25, 0.3) is 11.7 Å². The number of nitrogens with one attached hydrogen (secondary N) is 1. The van der Waals surface area contributed by atoms with Gasteiger partial charge in [-0.15, -0.1) is 10.2 Å². The average Bonchev–Trinajstić information content (AvgIpc) is 3.03. The summed E-state index contributed by atoms with van der Waals surface area (Å²) in [6.45, 7) is 2.81. The van der Waals surface area contributed by atoms with E-state index >= 15 is 0 Å². The minimum atomic E-state index is -0.200. The van der Waals surface area contributed by atoms with Crippen LogP contribution in [0.5, 0.6) is 5.75 Å². The summed E-state index contributed by atoms with van der Waals surface area (Å²) < 4.78 is 7.37. The topological polar surface area (TPSA) is 68.5 Å². The lowest BCUT2D eigenvalue weighted by Crippen LogP contribution is -2.21. The zero-order valence-electron chi connectivity index (χ0n) is 13.3. The van der Waals surface area contributed by atoms with E-state index in [0.717, 1.165) is 17.0 Å². The number of hydrogen-bond donors (Lipinski definition) is 1. The number of aromatic nitrogens is 3. The van der Waals surface area contributed by atoms with Crippen LogP contribution in [0.1, 0.15) is 18.3 Å². The minimum Gasteiger partial charge on any atom is -0.493 e. The van der Waals surface area contributed by atoms with Crippen molar-refractivity contribution in [2.24, 2.45) is 0 Å². The third kappa shape index (κ3) is 3.60. The first-order chi connectivity index (χ1) is 11.8. The molecule has 3 aromatic rings. The van der Waals surface area contributed by atoms with Crippen molar-refractivity contribution in [1.29, 1.82) is 0 Å². The highest BCUT2D eigenvalue weighted by atomic mass is 16.5. The van der Waals surface area contributed by atoms with Gasteiger partial charge in [-0.1, -0.05) is 24.3 Å². The summed E-state index contributed by atoms with van der Waals surface area (Å²) >= 11 is 0. The highest BCUT2D eigenvalue weighted by molar-refractivity contribution is 5.92. The number of hydrogen-bond acceptors (Lipinski definition) is 4. The molecule has 1 amide bonds. The van der Waals surface area contributed by atoms with E-state index in [9.17, 15) is 4.79 Å². The molecule has 122 valence electrons. The molecule has 0 saturated heterocycles. The molecule has 2 aromatic heterocycles. The fourth-order valence-corrected chi connectivity index (χ4v) is 2.31. The van der Waals surface area contributed by atoms with Crippen LogP contribution >= 0.6 is 0 Å². The Morgan fingerprint density at radius 3 is 2.92 bits per heavy atom. The Morgan fingerprint density at radius 2 is 2.04 bits per heavy atom. The summed E-state index contributed by atoms with van der Waals surface area (Å²) in [6.07, 6.45) is 5.09. The highest BCUT2D eigenvalue weighted by Crippen LogP contribution is 2.19. The Kier molecular flexibility index (Phi) is 4.86. The molecule has 1 aromatic carbocycles. The van der Waals surface area contributed by atoms with Gasteiger partial charge in [0, 0.05) is 17.8 Å². The second-order valence-electron chi connectivity index (χ2n) is 5.07. The van der Waals surface area contributed by atoms with Gasteiger partial charge in [-0.05, 0) is 31.2 Å². The van der Waals surface area contributed by atoms with E-state index in [4.69, 9.17) is 4.74 Å². The summed E-state index contributed by atoms with van der Waals surface area (Å²) in [6, 6.07) is 13.2. The average molecular weight is 322 g/mol. The first-order valence-electron chi connectivity index (χ1n) is 7.74. The second-order valence-corrected chi connectivity index (χ2v) is 5.07. The number of para-hydroxylation sites is 1. The number of fused-ring (bicyclic) bond motifs is 1. The van der Waals surface area contributed by atoms with Crippen LogP contribution in [-0.4, -0.2) is 27.1 Å². The van der Waals surface area contributed by atoms with Gasteiger partial charge in [0.2, 0.25) is 5.91 Å². The molecule has 24 heavy (non-hydrogen) atoms. The third-order valence-electron chi connectivity index (χ3n) is 3.44. The summed E-state index contributed by atoms with van der Waals surface area (Å²) in [5.74, 6) is 1.24. The van der Waals surface area contributed by atoms with Gasteiger partial charge >= 0.3 is 0 Å². The quantitative estimate of drug-likeness (QED) is 0.708. The van der Waals surface area contributed by atoms with Crippen molar-refractivity contribution >= 4 is 17.6 Å². The molecule has 0 aliphatic rings. The Bertz CT molecular complexity index is 870. The van der Waals surface area contributed by atoms with Crippen LogP contribution in [0.2, 0.25) is 0 Å². The molecule has 0 spiro atoms. The van der Waals surface area contributed by atoms with Gasteiger partial charge in [0.15, 0.2) is 11.5 Å². The lowest BCUT2D eigenvalue weighted by atomic mass is 10.2. The van der Waals surface area contributed by atoms with E-state index in [1.54, 1.807) is 6.08 Å². The Hall–Kier alpha value is -3.15. The molecule has 0 saturated carbocycles. The van der Waals surface area contributed by atoms with Crippen LogP contribution in [0.3, 0.4) is 0 Å². The number of carbonyl (C=O) groups excluding carboxylic acids is 1. The predicted octanol–water partition coefficient (Wildman–Crippen LogP) is 2.46. The number of ether oxygens (including phenoxy) is 1. The van der Waals surface area contributed by atoms with Crippen molar-refractivity contribution in [3.05, 3.63) is 66.1 Å². The van der Waals surface area contributed by atoms with E-state index < -0.39 is 0 Å². The molecule has 6 heteroatoms. The van der Waals surface area contributed by atoms with Gasteiger partial charge in [-0.3, -0.25) is 9.20 Å². The molecule has 1 N–H and O–H groups in total. The van der Waals surface area contributed by atoms with E-state index in [1.165, 1.54) is 6.08 Å². The van der Waals surface area contributed by atoms with E-state index in [2.05, 4.69) is 15.5 Å². The van der Waals surface area contributed by atoms with Crippen molar-refractivity contribution in [3.63, 3.8) is 0 Å². The number of pyridine rings is 1. The van der Waals surface area contributed by atoms with Gasteiger partial charge in [0.1, 0.15) is 5.75 Å². The van der Waals surface area contributed by atoms with Crippen molar-refractivity contribution in [1.82, 2.24) is 19.9 Å². The normalized spacial score (nSPS) is 11.0. The smallest absolute Gasteiger partial charge is 0.244 e. The fourth-order valence-electron chi connectivity index (χ4n) is 2.31. The molecule has 0 aliphatic carbocycles. The standard InChI is InChI=1S/C18H18N4O2/c1-2-24-15-8-4-3-7-14(15)10-11-18(23)19-13-17-21-20-16-9-5-6-12-22(16)17/h3-12H,2,13H2,1H3,(H,19,23)/b11-10+. The lowest BCUT2D eigenvalue weighted by Gasteiger charge is -2.06. The van der Waals surface area contributed by atoms with E-state index in [-0.39, 0.29) is 5.91 Å². The molecule has 0 radical (unpaired) electrons. The van der Waals surface area contributed by atoms with Gasteiger partial charge in [0.25, 0.3) is 0 Å². The van der Waals surface area contributed by atoms with E-state index in [1.807, 2.05) is 60.0 Å². The van der Waals surface area contributed by atoms with Crippen molar-refractivity contribution in [2.45, 2.75) is 13.5 Å². The number of nitrogens with zero attached hydrogens (tertiary/aromatic N) is 3. The minimum absolute atomic E-state index is 0.200. The first kappa shape index (κ1) is 15.7. The van der Waals surface area contributed by atoms with Crippen molar-refractivity contribution < 1.29 is 9.53 Å². The Morgan fingerprint density at radius 1 is 1.21 bits per heavy atom. The van der Waals surface area contributed by atoms with Crippen LogP contribution in [0.15, 0.2) is 54.7 Å². The number of carbonyl (C=O) groups is 1. The summed E-state index contributed by atoms with van der Waals surface area (Å²) in [4.78, 5) is 12.0. The number of amides is 1. The molecular weight excluding hydrogens is 304 g/mol. The zero-order chi connectivity index (χ0) is 16.8. The number of benzene rings is 1. The van der Waals surface area contributed by atoms with Gasteiger partial charge in [0.05, 0.1) is 13.2 Å².